The van der Waals surface area contributed by atoms with Crippen LogP contribution in [0.15, 0.2) is 81.7 Å². The van der Waals surface area contributed by atoms with Gasteiger partial charge in [-0.05, 0) is 61.1 Å². The summed E-state index contributed by atoms with van der Waals surface area (Å²) in [5.41, 5.74) is 5.31. The summed E-state index contributed by atoms with van der Waals surface area (Å²) in [5.74, 6) is -1.19. The third-order valence-electron chi connectivity index (χ3n) is 6.60. The van der Waals surface area contributed by atoms with Gasteiger partial charge in [0, 0.05) is 25.4 Å². The van der Waals surface area contributed by atoms with Gasteiger partial charge in [-0.1, -0.05) is 53.7 Å². The van der Waals surface area contributed by atoms with Gasteiger partial charge in [-0.2, -0.15) is 4.98 Å². The second-order valence-corrected chi connectivity index (χ2v) is 9.21. The average molecular weight is 484 g/mol. The molecule has 0 radical (unpaired) electrons. The van der Waals surface area contributed by atoms with E-state index in [1.54, 1.807) is 0 Å². The van der Waals surface area contributed by atoms with Crippen molar-refractivity contribution in [2.24, 2.45) is 5.92 Å². The van der Waals surface area contributed by atoms with Crippen LogP contribution in [-0.2, 0) is 24.1 Å². The maximum atomic E-state index is 11.9. The molecule has 2 aromatic heterocycles. The van der Waals surface area contributed by atoms with E-state index in [2.05, 4.69) is 22.3 Å². The first-order valence-corrected chi connectivity index (χ1v) is 12.3. The molecule has 5 aromatic rings. The van der Waals surface area contributed by atoms with Crippen molar-refractivity contribution in [3.05, 3.63) is 89.6 Å². The number of anilines is 1. The molecule has 0 saturated carbocycles. The smallest absolute Gasteiger partial charge is 0.306 e. The highest BCUT2D eigenvalue weighted by Gasteiger charge is 2.19. The number of aromatic nitrogens is 2. The van der Waals surface area contributed by atoms with Crippen LogP contribution >= 0.6 is 0 Å². The zero-order valence-corrected chi connectivity index (χ0v) is 20.3. The van der Waals surface area contributed by atoms with E-state index in [1.165, 1.54) is 5.56 Å². The minimum atomic E-state index is -0.761. The third-order valence-corrected chi connectivity index (χ3v) is 6.60. The summed E-state index contributed by atoms with van der Waals surface area (Å²) < 4.78 is 11.4. The van der Waals surface area contributed by atoms with Crippen molar-refractivity contribution in [2.75, 3.05) is 18.5 Å². The van der Waals surface area contributed by atoms with E-state index in [9.17, 15) is 9.90 Å². The highest BCUT2D eigenvalue weighted by molar-refractivity contribution is 5.80. The van der Waals surface area contributed by atoms with Crippen molar-refractivity contribution in [1.82, 2.24) is 10.1 Å². The molecular weight excluding hydrogens is 454 g/mol. The lowest BCUT2D eigenvalue weighted by atomic mass is 9.92. The fourth-order valence-corrected chi connectivity index (χ4v) is 4.53. The summed E-state index contributed by atoms with van der Waals surface area (Å²) in [6.45, 7) is 0.665. The van der Waals surface area contributed by atoms with Crippen LogP contribution in [0.25, 0.3) is 22.1 Å². The molecular formula is C29H29N3O4. The quantitative estimate of drug-likeness (QED) is 0.249. The first-order chi connectivity index (χ1) is 17.6. The number of carbonyl (C=O) groups is 1. The number of nitrogens with zero attached hydrogens (tertiary/aromatic N) is 3. The van der Waals surface area contributed by atoms with Crippen LogP contribution < -0.4 is 4.90 Å². The molecule has 0 bridgehead atoms. The molecule has 2 heterocycles. The molecule has 0 aliphatic carbocycles. The van der Waals surface area contributed by atoms with Crippen LogP contribution in [-0.4, -0.2) is 34.8 Å². The minimum Gasteiger partial charge on any atom is -0.481 e. The largest absolute Gasteiger partial charge is 0.481 e. The fourth-order valence-electron chi connectivity index (χ4n) is 4.53. The summed E-state index contributed by atoms with van der Waals surface area (Å²) in [5, 5.41) is 15.0. The Hall–Kier alpha value is -4.13. The van der Waals surface area contributed by atoms with Crippen LogP contribution in [0.2, 0.25) is 0 Å². The Balaban J connectivity index is 1.20. The average Bonchev–Trinajstić information content (AvgIpc) is 3.51. The Morgan fingerprint density at radius 3 is 2.58 bits per heavy atom. The zero-order chi connectivity index (χ0) is 24.9. The van der Waals surface area contributed by atoms with Gasteiger partial charge < -0.3 is 18.9 Å². The van der Waals surface area contributed by atoms with Gasteiger partial charge >= 0.3 is 5.97 Å². The van der Waals surface area contributed by atoms with E-state index in [0.29, 0.717) is 37.4 Å². The number of aliphatic carboxylic acids is 1. The molecule has 0 saturated heterocycles. The number of oxazole rings is 1. The molecule has 0 amide bonds. The molecule has 184 valence electrons. The van der Waals surface area contributed by atoms with Gasteiger partial charge in [-0.3, -0.25) is 4.79 Å². The molecule has 0 spiro atoms. The fraction of sp³-hybridized carbons (Fsp3) is 0.276. The molecule has 0 aliphatic heterocycles. The van der Waals surface area contributed by atoms with E-state index in [0.717, 1.165) is 40.6 Å². The lowest BCUT2D eigenvalue weighted by Gasteiger charge is -2.13. The molecule has 5 rings (SSSR count). The first kappa shape index (κ1) is 23.6. The van der Waals surface area contributed by atoms with Crippen LogP contribution in [0.1, 0.15) is 29.7 Å². The molecule has 36 heavy (non-hydrogen) atoms. The predicted octanol–water partition coefficient (Wildman–Crippen LogP) is 5.91. The highest BCUT2D eigenvalue weighted by Crippen LogP contribution is 2.25. The highest BCUT2D eigenvalue weighted by atomic mass is 16.5. The van der Waals surface area contributed by atoms with Crippen LogP contribution in [0.3, 0.4) is 0 Å². The van der Waals surface area contributed by atoms with Crippen molar-refractivity contribution in [3.8, 4) is 0 Å². The Morgan fingerprint density at radius 2 is 1.78 bits per heavy atom. The number of hydrogen-bond donors (Lipinski definition) is 1. The zero-order valence-electron chi connectivity index (χ0n) is 20.3. The van der Waals surface area contributed by atoms with Crippen molar-refractivity contribution in [2.45, 2.75) is 32.1 Å². The van der Waals surface area contributed by atoms with Crippen molar-refractivity contribution < 1.29 is 18.8 Å². The number of benzene rings is 3. The minimum absolute atomic E-state index is 0.432. The van der Waals surface area contributed by atoms with Crippen molar-refractivity contribution in [1.29, 1.82) is 0 Å². The SMILES string of the molecule is CN(CCc1noc2cc(CC(CCCc3ccccc3)C(=O)O)ccc12)c1nc2ccccc2o1. The Kier molecular flexibility index (Phi) is 6.98. The van der Waals surface area contributed by atoms with Gasteiger partial charge in [-0.25, -0.2) is 0 Å². The first-order valence-electron chi connectivity index (χ1n) is 12.3. The number of rotatable bonds is 11. The molecule has 3 aromatic carbocycles. The van der Waals surface area contributed by atoms with Gasteiger partial charge in [0.1, 0.15) is 5.52 Å². The monoisotopic (exact) mass is 483 g/mol. The molecule has 0 fully saturated rings. The summed E-state index contributed by atoms with van der Waals surface area (Å²) in [6, 6.07) is 24.3. The van der Waals surface area contributed by atoms with E-state index in [1.807, 2.05) is 72.6 Å². The number of likely N-dealkylation sites (N-methyl/N-ethyl adjacent to an activating group) is 1. The molecule has 7 nitrogen and oxygen atoms in total. The van der Waals surface area contributed by atoms with E-state index in [4.69, 9.17) is 8.94 Å². The molecule has 1 unspecified atom stereocenters. The van der Waals surface area contributed by atoms with Crippen LogP contribution in [0.5, 0.6) is 0 Å². The number of fused-ring (bicyclic) bond motifs is 2. The lowest BCUT2D eigenvalue weighted by Crippen LogP contribution is -2.20. The van der Waals surface area contributed by atoms with Gasteiger partial charge in [0.05, 0.1) is 11.6 Å². The van der Waals surface area contributed by atoms with Crippen molar-refractivity contribution >= 4 is 34.1 Å². The van der Waals surface area contributed by atoms with Gasteiger partial charge in [-0.15, -0.1) is 0 Å². The predicted molar refractivity (Wildman–Crippen MR) is 139 cm³/mol. The Labute approximate surface area is 209 Å². The summed E-state index contributed by atoms with van der Waals surface area (Å²) >= 11 is 0. The normalized spacial score (nSPS) is 12.2. The van der Waals surface area contributed by atoms with Crippen LogP contribution in [0, 0.1) is 5.92 Å². The Bertz CT molecular complexity index is 1420. The number of para-hydroxylation sites is 2. The second kappa shape index (κ2) is 10.6. The maximum Gasteiger partial charge on any atom is 0.306 e. The van der Waals surface area contributed by atoms with Gasteiger partial charge in [0.25, 0.3) is 6.01 Å². The number of carboxylic acids is 1. The maximum absolute atomic E-state index is 11.9. The van der Waals surface area contributed by atoms with Gasteiger partial charge in [0.15, 0.2) is 11.2 Å². The second-order valence-electron chi connectivity index (χ2n) is 9.21. The number of hydrogen-bond acceptors (Lipinski definition) is 6. The van der Waals surface area contributed by atoms with Gasteiger partial charge in [0.2, 0.25) is 0 Å². The molecule has 1 N–H and O–H groups in total. The van der Waals surface area contributed by atoms with E-state index >= 15 is 0 Å². The van der Waals surface area contributed by atoms with Crippen LogP contribution in [0.4, 0.5) is 6.01 Å². The molecule has 1 atom stereocenters. The van der Waals surface area contributed by atoms with E-state index < -0.39 is 11.9 Å². The Morgan fingerprint density at radius 1 is 0.972 bits per heavy atom. The number of carboxylic acid groups (broad SMARTS) is 1. The summed E-state index contributed by atoms with van der Waals surface area (Å²) in [4.78, 5) is 18.4. The standard InChI is InChI=1S/C29H29N3O4/c1-32(29-30-25-12-5-6-13-26(25)35-29)17-16-24-23-15-14-21(19-27(23)36-31-24)18-22(28(33)34)11-7-10-20-8-3-2-4-9-20/h2-6,8-9,12-15,19,22H,7,10-11,16-18H2,1H3,(H,33,34). The topological polar surface area (TPSA) is 92.6 Å². The molecule has 7 heteroatoms. The summed E-state index contributed by atoms with van der Waals surface area (Å²) in [7, 11) is 1.94. The van der Waals surface area contributed by atoms with E-state index in [-0.39, 0.29) is 0 Å². The summed E-state index contributed by atoms with van der Waals surface area (Å²) in [6.07, 6.45) is 3.48. The number of aryl methyl sites for hydroxylation is 1. The lowest BCUT2D eigenvalue weighted by molar-refractivity contribution is -0.142. The molecule has 0 aliphatic rings. The third kappa shape index (κ3) is 5.40. The van der Waals surface area contributed by atoms with Crippen molar-refractivity contribution in [3.63, 3.8) is 0 Å².